The summed E-state index contributed by atoms with van der Waals surface area (Å²) < 4.78 is 7.33. The van der Waals surface area contributed by atoms with Gasteiger partial charge in [0.1, 0.15) is 5.75 Å². The van der Waals surface area contributed by atoms with Crippen LogP contribution in [0.15, 0.2) is 48.8 Å². The molecule has 2 heterocycles. The van der Waals surface area contributed by atoms with E-state index >= 15 is 0 Å². The van der Waals surface area contributed by atoms with Gasteiger partial charge >= 0.3 is 0 Å². The zero-order valence-corrected chi connectivity index (χ0v) is 21.8. The molecule has 2 fully saturated rings. The number of methoxy groups -OCH3 is 1. The summed E-state index contributed by atoms with van der Waals surface area (Å²) in [5.41, 5.74) is 5.86. The van der Waals surface area contributed by atoms with Gasteiger partial charge in [0, 0.05) is 62.8 Å². The Kier molecular flexibility index (Phi) is 7.01. The molecule has 7 nitrogen and oxygen atoms in total. The Morgan fingerprint density at radius 3 is 2.56 bits per heavy atom. The van der Waals surface area contributed by atoms with Crippen molar-refractivity contribution in [1.29, 1.82) is 0 Å². The molecule has 1 unspecified atom stereocenters. The highest BCUT2D eigenvalue weighted by molar-refractivity contribution is 5.97. The van der Waals surface area contributed by atoms with Crippen molar-refractivity contribution in [2.45, 2.75) is 32.7 Å². The number of nitrogens with one attached hydrogen (secondary N) is 1. The lowest BCUT2D eigenvalue weighted by Crippen LogP contribution is -2.47. The number of hydrogen-bond donors (Lipinski definition) is 1. The fraction of sp³-hybridized carbons (Fsp3) is 0.448. The van der Waals surface area contributed by atoms with E-state index in [4.69, 9.17) is 4.74 Å². The smallest absolute Gasteiger partial charge is 0.252 e. The molecule has 1 atom stereocenters. The predicted octanol–water partition coefficient (Wildman–Crippen LogP) is 4.43. The highest BCUT2D eigenvalue weighted by Crippen LogP contribution is 2.31. The number of carbonyl (C=O) groups is 1. The van der Waals surface area contributed by atoms with Crippen molar-refractivity contribution in [2.75, 3.05) is 44.7 Å². The Bertz CT molecular complexity index is 1220. The fourth-order valence-electron chi connectivity index (χ4n) is 4.99. The molecule has 1 saturated heterocycles. The molecule has 5 rings (SSSR count). The van der Waals surface area contributed by atoms with Gasteiger partial charge in [-0.15, -0.1) is 0 Å². The normalized spacial score (nSPS) is 17.2. The zero-order chi connectivity index (χ0) is 25.2. The minimum atomic E-state index is -0.183. The van der Waals surface area contributed by atoms with Gasteiger partial charge in [-0.3, -0.25) is 14.4 Å². The molecular weight excluding hydrogens is 450 g/mol. The summed E-state index contributed by atoms with van der Waals surface area (Å²) in [5, 5.41) is 7.50. The first kappa shape index (κ1) is 24.4. The molecule has 1 aliphatic carbocycles. The molecule has 1 amide bonds. The third-order valence-electron chi connectivity index (χ3n) is 7.47. The van der Waals surface area contributed by atoms with Crippen LogP contribution in [0.3, 0.4) is 0 Å². The molecule has 2 aliphatic rings. The second-order valence-corrected chi connectivity index (χ2v) is 10.3. The Morgan fingerprint density at radius 2 is 1.89 bits per heavy atom. The number of piperazine rings is 1. The van der Waals surface area contributed by atoms with E-state index in [9.17, 15) is 4.79 Å². The van der Waals surface area contributed by atoms with Crippen LogP contribution in [0.1, 0.15) is 47.3 Å². The van der Waals surface area contributed by atoms with E-state index in [2.05, 4.69) is 44.5 Å². The van der Waals surface area contributed by atoms with E-state index in [1.165, 1.54) is 19.4 Å². The van der Waals surface area contributed by atoms with Crippen molar-refractivity contribution in [1.82, 2.24) is 20.0 Å². The second-order valence-electron chi connectivity index (χ2n) is 10.3. The summed E-state index contributed by atoms with van der Waals surface area (Å²) in [7, 11) is 3.56. The van der Waals surface area contributed by atoms with Gasteiger partial charge in [0.05, 0.1) is 19.3 Å². The van der Waals surface area contributed by atoms with E-state index in [1.807, 2.05) is 45.4 Å². The number of hydrogen-bond acceptors (Lipinski definition) is 5. The molecule has 1 aliphatic heterocycles. The average Bonchev–Trinajstić information content (AvgIpc) is 3.60. The Hall–Kier alpha value is -3.32. The number of rotatable bonds is 8. The third-order valence-corrected chi connectivity index (χ3v) is 7.47. The van der Waals surface area contributed by atoms with Crippen LogP contribution in [0.4, 0.5) is 5.69 Å². The van der Waals surface area contributed by atoms with Gasteiger partial charge in [0.25, 0.3) is 5.91 Å². The summed E-state index contributed by atoms with van der Waals surface area (Å²) in [6, 6.07) is 12.2. The number of amides is 1. The molecule has 0 bridgehead atoms. The van der Waals surface area contributed by atoms with Crippen LogP contribution < -0.4 is 15.0 Å². The van der Waals surface area contributed by atoms with Crippen LogP contribution in [-0.2, 0) is 7.05 Å². The minimum absolute atomic E-state index is 0.0556. The molecule has 1 saturated carbocycles. The number of benzene rings is 2. The second kappa shape index (κ2) is 10.3. The summed E-state index contributed by atoms with van der Waals surface area (Å²) in [5.74, 6) is 1.63. The maximum atomic E-state index is 13.4. The molecule has 1 N–H and O–H groups in total. The van der Waals surface area contributed by atoms with Crippen molar-refractivity contribution in [3.05, 3.63) is 65.5 Å². The topological polar surface area (TPSA) is 62.6 Å². The highest BCUT2D eigenvalue weighted by Gasteiger charge is 2.27. The van der Waals surface area contributed by atoms with Crippen molar-refractivity contribution < 1.29 is 9.53 Å². The van der Waals surface area contributed by atoms with Crippen LogP contribution >= 0.6 is 0 Å². The average molecular weight is 488 g/mol. The van der Waals surface area contributed by atoms with Crippen molar-refractivity contribution in [3.63, 3.8) is 0 Å². The lowest BCUT2D eigenvalue weighted by Gasteiger charge is -2.36. The van der Waals surface area contributed by atoms with Gasteiger partial charge in [-0.1, -0.05) is 6.07 Å². The molecule has 1 aromatic heterocycles. The Morgan fingerprint density at radius 1 is 1.11 bits per heavy atom. The van der Waals surface area contributed by atoms with Gasteiger partial charge in [-0.05, 0) is 79.6 Å². The van der Waals surface area contributed by atoms with Gasteiger partial charge in [0.15, 0.2) is 0 Å². The number of carbonyl (C=O) groups excluding carboxylic acids is 1. The summed E-state index contributed by atoms with van der Waals surface area (Å²) in [6.07, 6.45) is 6.61. The molecule has 2 aromatic carbocycles. The first-order chi connectivity index (χ1) is 17.4. The number of anilines is 1. The van der Waals surface area contributed by atoms with Crippen molar-refractivity contribution >= 4 is 11.6 Å². The number of aryl methyl sites for hydroxylation is 2. The maximum Gasteiger partial charge on any atom is 0.252 e. The molecule has 0 spiro atoms. The SMILES string of the molecule is COc1cc(-c2cnn(C)c2)cc(C(C)NC(=O)c2cc(N3CCN(CC4CC4)CC3)ccc2C)c1. The third kappa shape index (κ3) is 5.57. The van der Waals surface area contributed by atoms with Crippen LogP contribution in [0.5, 0.6) is 5.75 Å². The van der Waals surface area contributed by atoms with E-state index in [-0.39, 0.29) is 11.9 Å². The van der Waals surface area contributed by atoms with Crippen molar-refractivity contribution in [3.8, 4) is 16.9 Å². The minimum Gasteiger partial charge on any atom is -0.497 e. The molecular formula is C29H37N5O2. The van der Waals surface area contributed by atoms with Crippen molar-refractivity contribution in [2.24, 2.45) is 13.0 Å². The number of nitrogens with zero attached hydrogens (tertiary/aromatic N) is 4. The fourth-order valence-corrected chi connectivity index (χ4v) is 4.99. The first-order valence-corrected chi connectivity index (χ1v) is 13.0. The molecule has 7 heteroatoms. The zero-order valence-electron chi connectivity index (χ0n) is 21.8. The highest BCUT2D eigenvalue weighted by atomic mass is 16.5. The monoisotopic (exact) mass is 487 g/mol. The van der Waals surface area contributed by atoms with E-state index in [0.717, 1.165) is 71.4 Å². The number of aromatic nitrogens is 2. The standard InChI is InChI=1S/C29H37N5O2/c1-20-5-8-26(34-11-9-33(10-12-34)18-22-6-7-22)16-28(20)29(35)31-21(2)23-13-24(15-27(14-23)36-4)25-17-30-32(3)19-25/h5,8,13-17,19,21-22H,6-7,9-12,18H2,1-4H3,(H,31,35). The quantitative estimate of drug-likeness (QED) is 0.509. The maximum absolute atomic E-state index is 13.4. The van der Waals surface area contributed by atoms with Gasteiger partial charge < -0.3 is 15.0 Å². The van der Waals surface area contributed by atoms with Crippen LogP contribution in [-0.4, -0.2) is 60.4 Å². The van der Waals surface area contributed by atoms with Gasteiger partial charge in [-0.2, -0.15) is 5.10 Å². The Balaban J connectivity index is 1.29. The largest absolute Gasteiger partial charge is 0.497 e. The van der Waals surface area contributed by atoms with Crippen LogP contribution in [0, 0.1) is 12.8 Å². The molecule has 190 valence electrons. The van der Waals surface area contributed by atoms with Gasteiger partial charge in [0.2, 0.25) is 0 Å². The summed E-state index contributed by atoms with van der Waals surface area (Å²) >= 11 is 0. The first-order valence-electron chi connectivity index (χ1n) is 13.0. The number of ether oxygens (including phenoxy) is 1. The summed E-state index contributed by atoms with van der Waals surface area (Å²) in [4.78, 5) is 18.4. The molecule has 36 heavy (non-hydrogen) atoms. The van der Waals surface area contributed by atoms with E-state index in [1.54, 1.807) is 11.8 Å². The van der Waals surface area contributed by atoms with Crippen LogP contribution in [0.25, 0.3) is 11.1 Å². The molecule has 3 aromatic rings. The molecule has 0 radical (unpaired) electrons. The summed E-state index contributed by atoms with van der Waals surface area (Å²) in [6.45, 7) is 9.47. The van der Waals surface area contributed by atoms with Crippen LogP contribution in [0.2, 0.25) is 0 Å². The lowest BCUT2D eigenvalue weighted by molar-refractivity contribution is 0.0939. The lowest BCUT2D eigenvalue weighted by atomic mass is 10.0. The van der Waals surface area contributed by atoms with E-state index in [0.29, 0.717) is 0 Å². The van der Waals surface area contributed by atoms with Gasteiger partial charge in [-0.25, -0.2) is 0 Å². The Labute approximate surface area is 214 Å². The van der Waals surface area contributed by atoms with E-state index < -0.39 is 0 Å². The predicted molar refractivity (Wildman–Crippen MR) is 144 cm³/mol.